The second-order valence-electron chi connectivity index (χ2n) is 8.30. The number of sulfonamides is 1. The van der Waals surface area contributed by atoms with Gasteiger partial charge in [-0.3, -0.25) is 4.72 Å². The van der Waals surface area contributed by atoms with Crippen LogP contribution in [0.15, 0.2) is 53.6 Å². The number of hydrogen-bond acceptors (Lipinski definition) is 6. The van der Waals surface area contributed by atoms with Crippen molar-refractivity contribution in [2.75, 3.05) is 22.7 Å². The Morgan fingerprint density at radius 2 is 1.74 bits per heavy atom. The Hall–Kier alpha value is -3.25. The van der Waals surface area contributed by atoms with Crippen LogP contribution in [-0.2, 0) is 16.2 Å². The second kappa shape index (κ2) is 8.20. The molecule has 0 bridgehead atoms. The van der Waals surface area contributed by atoms with Gasteiger partial charge in [0.05, 0.1) is 16.9 Å². The molecule has 1 aromatic carbocycles. The highest BCUT2D eigenvalue weighted by molar-refractivity contribution is 7.92. The maximum Gasteiger partial charge on any atom is 0.418 e. The van der Waals surface area contributed by atoms with Crippen molar-refractivity contribution in [1.29, 1.82) is 0 Å². The van der Waals surface area contributed by atoms with Gasteiger partial charge in [-0.1, -0.05) is 18.2 Å². The van der Waals surface area contributed by atoms with Gasteiger partial charge in [-0.2, -0.15) is 21.6 Å². The summed E-state index contributed by atoms with van der Waals surface area (Å²) in [5.41, 5.74) is -2.80. The van der Waals surface area contributed by atoms with Crippen LogP contribution in [0.2, 0.25) is 0 Å². The van der Waals surface area contributed by atoms with Crippen molar-refractivity contribution in [2.45, 2.75) is 30.7 Å². The van der Waals surface area contributed by atoms with E-state index in [9.17, 15) is 31.1 Å². The van der Waals surface area contributed by atoms with Crippen LogP contribution >= 0.6 is 0 Å². The predicted octanol–water partition coefficient (Wildman–Crippen LogP) is 3.98. The van der Waals surface area contributed by atoms with Crippen molar-refractivity contribution >= 4 is 21.7 Å². The molecule has 0 radical (unpaired) electrons. The van der Waals surface area contributed by atoms with Crippen LogP contribution in [0.3, 0.4) is 0 Å². The van der Waals surface area contributed by atoms with Crippen LogP contribution in [-0.4, -0.2) is 42.2 Å². The molecule has 2 aromatic heterocycles. The number of rotatable bonds is 5. The Labute approximate surface area is 193 Å². The van der Waals surface area contributed by atoms with Crippen molar-refractivity contribution in [1.82, 2.24) is 9.97 Å². The molecule has 12 heteroatoms. The molecule has 1 aliphatic rings. The fourth-order valence-corrected chi connectivity index (χ4v) is 4.64. The van der Waals surface area contributed by atoms with Crippen LogP contribution in [0.5, 0.6) is 0 Å². The quantitative estimate of drug-likeness (QED) is 0.519. The minimum absolute atomic E-state index is 0.0553. The molecule has 180 valence electrons. The fraction of sp³-hybridized carbons (Fsp3) is 0.273. The van der Waals surface area contributed by atoms with Gasteiger partial charge in [-0.25, -0.2) is 14.4 Å². The van der Waals surface area contributed by atoms with E-state index >= 15 is 0 Å². The van der Waals surface area contributed by atoms with Gasteiger partial charge in [0.15, 0.2) is 5.03 Å². The normalized spacial score (nSPS) is 15.7. The molecule has 0 atom stereocenters. The van der Waals surface area contributed by atoms with Crippen molar-refractivity contribution in [2.24, 2.45) is 0 Å². The molecular formula is C22H20F4N4O3S. The SMILES string of the molecule is Cc1c(F)cccc1-c1nc(NS(=O)(=O)c2cccc(N3CC(C)(O)C3)n2)ccc1C(F)(F)F. The number of nitrogens with zero attached hydrogens (tertiary/aromatic N) is 3. The molecule has 0 spiro atoms. The van der Waals surface area contributed by atoms with Gasteiger partial charge in [-0.15, -0.1) is 0 Å². The number of anilines is 2. The lowest BCUT2D eigenvalue weighted by Gasteiger charge is -2.44. The van der Waals surface area contributed by atoms with Gasteiger partial charge in [0.25, 0.3) is 10.0 Å². The van der Waals surface area contributed by atoms with E-state index in [4.69, 9.17) is 0 Å². The monoisotopic (exact) mass is 496 g/mol. The number of aliphatic hydroxyl groups is 1. The van der Waals surface area contributed by atoms with E-state index < -0.39 is 38.9 Å². The predicted molar refractivity (Wildman–Crippen MR) is 117 cm³/mol. The first-order valence-corrected chi connectivity index (χ1v) is 11.6. The van der Waals surface area contributed by atoms with Crippen molar-refractivity contribution in [3.8, 4) is 11.3 Å². The molecule has 7 nitrogen and oxygen atoms in total. The lowest BCUT2D eigenvalue weighted by molar-refractivity contribution is -0.137. The van der Waals surface area contributed by atoms with E-state index in [-0.39, 0.29) is 35.1 Å². The molecule has 1 aliphatic heterocycles. The number of alkyl halides is 3. The van der Waals surface area contributed by atoms with E-state index in [0.717, 1.165) is 12.1 Å². The van der Waals surface area contributed by atoms with E-state index in [2.05, 4.69) is 14.7 Å². The van der Waals surface area contributed by atoms with Gasteiger partial charge in [-0.05, 0) is 49.7 Å². The minimum atomic E-state index is -4.80. The fourth-order valence-electron chi connectivity index (χ4n) is 3.67. The number of aromatic nitrogens is 2. The third kappa shape index (κ3) is 4.68. The highest BCUT2D eigenvalue weighted by Crippen LogP contribution is 2.38. The molecule has 1 fully saturated rings. The summed E-state index contributed by atoms with van der Waals surface area (Å²) in [5.74, 6) is -0.777. The summed E-state index contributed by atoms with van der Waals surface area (Å²) in [7, 11) is -4.32. The largest absolute Gasteiger partial charge is 0.418 e. The zero-order valence-electron chi connectivity index (χ0n) is 18.1. The Kier molecular flexibility index (Phi) is 5.76. The maximum atomic E-state index is 14.0. The highest BCUT2D eigenvalue weighted by Gasteiger charge is 2.38. The van der Waals surface area contributed by atoms with Crippen LogP contribution in [0.25, 0.3) is 11.3 Å². The summed E-state index contributed by atoms with van der Waals surface area (Å²) in [4.78, 5) is 9.66. The van der Waals surface area contributed by atoms with Crippen LogP contribution in [0.4, 0.5) is 29.2 Å². The van der Waals surface area contributed by atoms with Crippen LogP contribution in [0.1, 0.15) is 18.1 Å². The standard InChI is InChI=1S/C22H20F4N4O3S/c1-13-14(5-3-6-16(13)23)20-15(22(24,25)26)9-10-17(27-20)29-34(32,33)19-8-4-7-18(28-19)30-11-21(2,31)12-30/h3-10,31H,11-12H2,1-2H3,(H,27,29). The van der Waals surface area contributed by atoms with Crippen LogP contribution in [0, 0.1) is 12.7 Å². The van der Waals surface area contributed by atoms with Crippen LogP contribution < -0.4 is 9.62 Å². The highest BCUT2D eigenvalue weighted by atomic mass is 32.2. The number of benzene rings is 1. The Bertz CT molecular complexity index is 1350. The number of halogens is 4. The average molecular weight is 496 g/mol. The minimum Gasteiger partial charge on any atom is -0.386 e. The molecule has 1 saturated heterocycles. The number of nitrogens with one attached hydrogen (secondary N) is 1. The lowest BCUT2D eigenvalue weighted by atomic mass is 9.97. The Morgan fingerprint density at radius 1 is 1.06 bits per heavy atom. The summed E-state index contributed by atoms with van der Waals surface area (Å²) in [6.07, 6.45) is -4.80. The smallest absolute Gasteiger partial charge is 0.386 e. The van der Waals surface area contributed by atoms with Crippen molar-refractivity contribution < 1.29 is 31.1 Å². The molecule has 2 N–H and O–H groups in total. The molecular weight excluding hydrogens is 476 g/mol. The molecule has 4 rings (SSSR count). The summed E-state index contributed by atoms with van der Waals surface area (Å²) in [6.45, 7) is 3.49. The number of hydrogen-bond donors (Lipinski definition) is 2. The summed E-state index contributed by atoms with van der Waals surface area (Å²) in [5, 5.41) is 9.52. The summed E-state index contributed by atoms with van der Waals surface area (Å²) >= 11 is 0. The first kappa shape index (κ1) is 23.9. The molecule has 0 unspecified atom stereocenters. The zero-order chi connectivity index (χ0) is 24.9. The summed E-state index contributed by atoms with van der Waals surface area (Å²) < 4.78 is 82.8. The van der Waals surface area contributed by atoms with Crippen molar-refractivity contribution in [3.05, 3.63) is 65.5 Å². The Morgan fingerprint density at radius 3 is 2.38 bits per heavy atom. The summed E-state index contributed by atoms with van der Waals surface area (Å²) in [6, 6.07) is 9.48. The molecule has 0 amide bonds. The third-order valence-electron chi connectivity index (χ3n) is 5.33. The molecule has 34 heavy (non-hydrogen) atoms. The lowest BCUT2D eigenvalue weighted by Crippen LogP contribution is -2.60. The van der Waals surface area contributed by atoms with Gasteiger partial charge in [0.2, 0.25) is 0 Å². The molecule has 0 saturated carbocycles. The van der Waals surface area contributed by atoms with Gasteiger partial charge in [0, 0.05) is 18.7 Å². The molecule has 3 heterocycles. The van der Waals surface area contributed by atoms with Gasteiger partial charge < -0.3 is 10.0 Å². The first-order chi connectivity index (χ1) is 15.8. The topological polar surface area (TPSA) is 95.4 Å². The number of β-amino-alcohol motifs (C(OH)–C–C–N with tert-alkyl or cyclic N) is 1. The average Bonchev–Trinajstić information content (AvgIpc) is 2.73. The van der Waals surface area contributed by atoms with E-state index in [1.165, 1.54) is 31.2 Å². The van der Waals surface area contributed by atoms with Gasteiger partial charge >= 0.3 is 6.18 Å². The van der Waals surface area contributed by atoms with E-state index in [1.54, 1.807) is 17.9 Å². The zero-order valence-corrected chi connectivity index (χ0v) is 18.9. The number of pyridine rings is 2. The van der Waals surface area contributed by atoms with Gasteiger partial charge in [0.1, 0.15) is 17.5 Å². The third-order valence-corrected chi connectivity index (χ3v) is 6.59. The van der Waals surface area contributed by atoms with E-state index in [0.29, 0.717) is 11.9 Å². The maximum absolute atomic E-state index is 14.0. The van der Waals surface area contributed by atoms with Crippen molar-refractivity contribution in [3.63, 3.8) is 0 Å². The first-order valence-electron chi connectivity index (χ1n) is 10.1. The van der Waals surface area contributed by atoms with E-state index in [1.807, 2.05) is 0 Å². The second-order valence-corrected chi connectivity index (χ2v) is 9.92. The molecule has 0 aliphatic carbocycles. The molecule has 3 aromatic rings. The Balaban J connectivity index is 1.70.